The summed E-state index contributed by atoms with van der Waals surface area (Å²) in [5, 5.41) is 10.7. The third kappa shape index (κ3) is 5.10. The molecular formula is C21H33N2O2S+. The minimum Gasteiger partial charge on any atom is -0.386 e. The van der Waals surface area contributed by atoms with Crippen LogP contribution in [-0.4, -0.2) is 52.8 Å². The van der Waals surface area contributed by atoms with Gasteiger partial charge in [-0.05, 0) is 43.7 Å². The molecule has 0 radical (unpaired) electrons. The van der Waals surface area contributed by atoms with Crippen molar-refractivity contribution >= 4 is 17.5 Å². The maximum absolute atomic E-state index is 12.2. The molecule has 5 heteroatoms. The molecule has 0 amide bonds. The molecule has 1 aromatic rings. The number of rotatable bonds is 7. The van der Waals surface area contributed by atoms with Crippen molar-refractivity contribution in [2.45, 2.75) is 62.1 Å². The lowest BCUT2D eigenvalue weighted by atomic mass is 9.72. The molecule has 0 aromatic heterocycles. The maximum atomic E-state index is 12.2. The summed E-state index contributed by atoms with van der Waals surface area (Å²) in [4.78, 5) is 15.7. The van der Waals surface area contributed by atoms with Gasteiger partial charge in [-0.15, -0.1) is 11.8 Å². The van der Waals surface area contributed by atoms with E-state index in [1.54, 1.807) is 18.7 Å². The van der Waals surface area contributed by atoms with Gasteiger partial charge in [0.1, 0.15) is 17.9 Å². The molecule has 1 saturated carbocycles. The minimum atomic E-state index is -0.492. The summed E-state index contributed by atoms with van der Waals surface area (Å²) in [5.74, 6) is 2.44. The molecular weight excluding hydrogens is 344 g/mol. The van der Waals surface area contributed by atoms with Crippen LogP contribution in [0.1, 0.15) is 39.0 Å². The lowest BCUT2D eigenvalue weighted by Gasteiger charge is -2.46. The van der Waals surface area contributed by atoms with Gasteiger partial charge in [0.15, 0.2) is 0 Å². The average Bonchev–Trinajstić information content (AvgIpc) is 2.66. The van der Waals surface area contributed by atoms with Gasteiger partial charge in [0.2, 0.25) is 0 Å². The van der Waals surface area contributed by atoms with Gasteiger partial charge in [-0.2, -0.15) is 0 Å². The third-order valence-corrected chi connectivity index (χ3v) is 7.34. The summed E-state index contributed by atoms with van der Waals surface area (Å²) in [6, 6.07) is 10.2. The number of thioether (sulfide) groups is 1. The van der Waals surface area contributed by atoms with E-state index in [0.717, 1.165) is 18.7 Å². The Balaban J connectivity index is 1.55. The number of quaternary nitrogens is 1. The lowest BCUT2D eigenvalue weighted by molar-refractivity contribution is -0.430. The number of likely N-dealkylation sites (tertiary alicyclic amines) is 1. The van der Waals surface area contributed by atoms with Crippen LogP contribution in [0.25, 0.3) is 0 Å². The number of benzene rings is 1. The molecule has 2 fully saturated rings. The van der Waals surface area contributed by atoms with Crippen molar-refractivity contribution in [1.29, 1.82) is 0 Å². The van der Waals surface area contributed by atoms with Crippen molar-refractivity contribution in [2.24, 2.45) is 11.8 Å². The van der Waals surface area contributed by atoms with Crippen LogP contribution in [0.4, 0.5) is 0 Å². The molecule has 3 unspecified atom stereocenters. The first-order valence-corrected chi connectivity index (χ1v) is 11.0. The van der Waals surface area contributed by atoms with E-state index in [0.29, 0.717) is 18.4 Å². The number of hydrogen-bond donors (Lipinski definition) is 2. The van der Waals surface area contributed by atoms with Gasteiger partial charge in [0.05, 0.1) is 11.8 Å². The van der Waals surface area contributed by atoms with Crippen molar-refractivity contribution in [2.75, 3.05) is 18.8 Å². The molecule has 4 N–H and O–H groups in total. The number of β-amino-alcohol motifs (C(OH)–C–C–N with tert-alkyl or cyclic N) is 1. The monoisotopic (exact) mass is 377 g/mol. The molecule has 1 aromatic carbocycles. The smallest absolute Gasteiger partial charge is 0.146 e. The Morgan fingerprint density at radius 3 is 2.65 bits per heavy atom. The zero-order valence-corrected chi connectivity index (χ0v) is 16.7. The number of aliphatic hydroxyl groups excluding tert-OH is 1. The number of ketones is 1. The Labute approximate surface area is 161 Å². The molecule has 0 spiro atoms. The summed E-state index contributed by atoms with van der Waals surface area (Å²) >= 11 is 1.74. The minimum absolute atomic E-state index is 0.0158. The molecule has 4 nitrogen and oxygen atoms in total. The van der Waals surface area contributed by atoms with Crippen LogP contribution in [-0.2, 0) is 4.79 Å². The van der Waals surface area contributed by atoms with Crippen LogP contribution in [0.15, 0.2) is 35.2 Å². The Hall–Kier alpha value is -0.880. The highest BCUT2D eigenvalue weighted by Gasteiger charge is 2.39. The quantitative estimate of drug-likeness (QED) is 0.715. The summed E-state index contributed by atoms with van der Waals surface area (Å²) in [7, 11) is 0. The fourth-order valence-electron chi connectivity index (χ4n) is 4.54. The number of nitrogens with zero attached hydrogens (tertiary/aromatic N) is 1. The standard InChI is InChI=1S/C21H32N2O2S/c1-15(24)20-11-16-7-5-6-8-17(16)12-23(20)13-21(25)19(22)14-26-18-9-3-2-4-10-18/h2-4,9-10,16-17,19-21,25H,5-8,11-14,22H2,1H3/p+1/t16?,17?,19-,20-,21?/m0/s1. The molecule has 0 bridgehead atoms. The van der Waals surface area contributed by atoms with E-state index in [1.807, 2.05) is 18.2 Å². The molecule has 5 atom stereocenters. The van der Waals surface area contributed by atoms with E-state index >= 15 is 0 Å². The fourth-order valence-corrected chi connectivity index (χ4v) is 5.52. The van der Waals surface area contributed by atoms with Crippen molar-refractivity contribution in [3.05, 3.63) is 30.3 Å². The number of Topliss-reactive ketones (excluding diaryl/α,β-unsaturated/α-hetero) is 1. The highest BCUT2D eigenvalue weighted by Crippen LogP contribution is 2.38. The first-order valence-electron chi connectivity index (χ1n) is 9.98. The van der Waals surface area contributed by atoms with Gasteiger partial charge >= 0.3 is 0 Å². The maximum Gasteiger partial charge on any atom is 0.146 e. The molecule has 1 saturated heterocycles. The van der Waals surface area contributed by atoms with E-state index in [-0.39, 0.29) is 17.9 Å². The van der Waals surface area contributed by atoms with Gasteiger partial charge < -0.3 is 10.8 Å². The summed E-state index contributed by atoms with van der Waals surface area (Å²) in [6.45, 7) is 3.24. The summed E-state index contributed by atoms with van der Waals surface area (Å²) < 4.78 is 0. The van der Waals surface area contributed by atoms with E-state index in [4.69, 9.17) is 0 Å². The fraction of sp³-hybridized carbons (Fsp3) is 0.667. The van der Waals surface area contributed by atoms with Gasteiger partial charge in [-0.25, -0.2) is 0 Å². The highest BCUT2D eigenvalue weighted by molar-refractivity contribution is 7.99. The van der Waals surface area contributed by atoms with Gasteiger partial charge in [-0.1, -0.05) is 37.5 Å². The SMILES string of the molecule is CC(=O)[C@@H]1CC2CCCCC2CN1CC(O)[C@@H]([NH3+])CSc1ccccc1. The number of fused-ring (bicyclic) bond motifs is 1. The number of carbonyl (C=O) groups is 1. The Morgan fingerprint density at radius 1 is 1.27 bits per heavy atom. The van der Waals surface area contributed by atoms with Crippen molar-refractivity contribution in [3.8, 4) is 0 Å². The second-order valence-corrected chi connectivity index (χ2v) is 9.17. The molecule has 26 heavy (non-hydrogen) atoms. The van der Waals surface area contributed by atoms with Crippen molar-refractivity contribution < 1.29 is 15.6 Å². The largest absolute Gasteiger partial charge is 0.386 e. The average molecular weight is 378 g/mol. The third-order valence-electron chi connectivity index (χ3n) is 6.14. The van der Waals surface area contributed by atoms with Crippen LogP contribution in [0.3, 0.4) is 0 Å². The number of carbonyl (C=O) groups excluding carboxylic acids is 1. The van der Waals surface area contributed by atoms with Crippen LogP contribution >= 0.6 is 11.8 Å². The number of aliphatic hydroxyl groups is 1. The molecule has 1 aliphatic heterocycles. The van der Waals surface area contributed by atoms with Crippen molar-refractivity contribution in [1.82, 2.24) is 4.90 Å². The predicted molar refractivity (Wildman–Crippen MR) is 106 cm³/mol. The molecule has 144 valence electrons. The molecule has 2 aliphatic rings. The van der Waals surface area contributed by atoms with Crippen LogP contribution in [0.2, 0.25) is 0 Å². The van der Waals surface area contributed by atoms with Gasteiger partial charge in [0.25, 0.3) is 0 Å². The second kappa shape index (κ2) is 9.36. The normalized spacial score (nSPS) is 29.0. The van der Waals surface area contributed by atoms with Crippen LogP contribution in [0, 0.1) is 11.8 Å². The van der Waals surface area contributed by atoms with E-state index < -0.39 is 6.10 Å². The van der Waals surface area contributed by atoms with E-state index in [1.165, 1.54) is 30.6 Å². The highest BCUT2D eigenvalue weighted by atomic mass is 32.2. The molecule has 3 rings (SSSR count). The first-order chi connectivity index (χ1) is 12.5. The van der Waals surface area contributed by atoms with Gasteiger partial charge in [0, 0.05) is 18.0 Å². The lowest BCUT2D eigenvalue weighted by Crippen LogP contribution is -2.70. The zero-order valence-electron chi connectivity index (χ0n) is 15.8. The topological polar surface area (TPSA) is 68.2 Å². The Bertz CT molecular complexity index is 583. The first kappa shape index (κ1) is 19.9. The number of piperidine rings is 1. The summed E-state index contributed by atoms with van der Waals surface area (Å²) in [6.07, 6.45) is 5.66. The number of hydrogen-bond acceptors (Lipinski definition) is 4. The van der Waals surface area contributed by atoms with E-state index in [9.17, 15) is 9.90 Å². The van der Waals surface area contributed by atoms with Crippen molar-refractivity contribution in [3.63, 3.8) is 0 Å². The molecule has 1 heterocycles. The predicted octanol–water partition coefficient (Wildman–Crippen LogP) is 2.22. The molecule has 1 aliphatic carbocycles. The van der Waals surface area contributed by atoms with E-state index in [2.05, 4.69) is 22.8 Å². The Kier molecular flexibility index (Phi) is 7.15. The second-order valence-electron chi connectivity index (χ2n) is 8.07. The zero-order chi connectivity index (χ0) is 18.5. The Morgan fingerprint density at radius 2 is 1.96 bits per heavy atom. The van der Waals surface area contributed by atoms with Crippen LogP contribution in [0.5, 0.6) is 0 Å². The summed E-state index contributed by atoms with van der Waals surface area (Å²) in [5.41, 5.74) is 4.19. The van der Waals surface area contributed by atoms with Crippen LogP contribution < -0.4 is 5.73 Å². The van der Waals surface area contributed by atoms with Gasteiger partial charge in [-0.3, -0.25) is 9.69 Å².